The Hall–Kier alpha value is -1.90. The highest BCUT2D eigenvalue weighted by molar-refractivity contribution is 5.81. The molecule has 0 amide bonds. The molecule has 1 aromatic heterocycles. The van der Waals surface area contributed by atoms with Crippen LogP contribution in [0.2, 0.25) is 0 Å². The quantitative estimate of drug-likeness (QED) is 0.720. The number of rotatable bonds is 3. The number of aliphatic imine (C=N–C) groups is 1. The second-order valence-electron chi connectivity index (χ2n) is 5.04. The SMILES string of the molecule is Fc1ccccc1N=Cc1ccn(C2CCCC2)c1. The Balaban J connectivity index is 1.75. The molecule has 2 nitrogen and oxygen atoms in total. The number of hydrogen-bond donors (Lipinski definition) is 0. The highest BCUT2D eigenvalue weighted by Gasteiger charge is 2.15. The largest absolute Gasteiger partial charge is 0.351 e. The summed E-state index contributed by atoms with van der Waals surface area (Å²) < 4.78 is 15.7. The van der Waals surface area contributed by atoms with Crippen LogP contribution in [0.3, 0.4) is 0 Å². The molecule has 1 aliphatic carbocycles. The molecule has 19 heavy (non-hydrogen) atoms. The molecular formula is C16H17FN2. The molecule has 0 radical (unpaired) electrons. The molecule has 2 aromatic rings. The molecule has 0 spiro atoms. The lowest BCUT2D eigenvalue weighted by atomic mass is 10.2. The molecule has 0 atom stereocenters. The van der Waals surface area contributed by atoms with E-state index in [1.54, 1.807) is 24.4 Å². The van der Waals surface area contributed by atoms with Gasteiger partial charge in [0.15, 0.2) is 0 Å². The average molecular weight is 256 g/mol. The summed E-state index contributed by atoms with van der Waals surface area (Å²) in [6.45, 7) is 0. The van der Waals surface area contributed by atoms with Gasteiger partial charge < -0.3 is 4.57 Å². The van der Waals surface area contributed by atoms with E-state index in [-0.39, 0.29) is 5.82 Å². The molecule has 1 saturated carbocycles. The monoisotopic (exact) mass is 256 g/mol. The molecule has 98 valence electrons. The normalized spacial score (nSPS) is 16.5. The van der Waals surface area contributed by atoms with Gasteiger partial charge in [0.1, 0.15) is 5.82 Å². The maximum Gasteiger partial charge on any atom is 0.148 e. The van der Waals surface area contributed by atoms with E-state index < -0.39 is 0 Å². The third-order valence-corrected chi connectivity index (χ3v) is 3.69. The minimum Gasteiger partial charge on any atom is -0.351 e. The van der Waals surface area contributed by atoms with Crippen molar-refractivity contribution >= 4 is 11.9 Å². The number of halogens is 1. The van der Waals surface area contributed by atoms with Crippen LogP contribution in [0.15, 0.2) is 47.7 Å². The molecular weight excluding hydrogens is 239 g/mol. The fourth-order valence-corrected chi connectivity index (χ4v) is 2.64. The summed E-state index contributed by atoms with van der Waals surface area (Å²) in [6.07, 6.45) is 11.1. The molecule has 3 rings (SSSR count). The van der Waals surface area contributed by atoms with Crippen LogP contribution in [-0.2, 0) is 0 Å². The molecule has 0 bridgehead atoms. The van der Waals surface area contributed by atoms with Crippen molar-refractivity contribution in [3.8, 4) is 0 Å². The minimum absolute atomic E-state index is 0.283. The first-order chi connectivity index (χ1) is 9.33. The van der Waals surface area contributed by atoms with Crippen molar-refractivity contribution in [1.82, 2.24) is 4.57 Å². The predicted molar refractivity (Wildman–Crippen MR) is 75.6 cm³/mol. The van der Waals surface area contributed by atoms with Crippen LogP contribution in [0.25, 0.3) is 0 Å². The molecule has 0 N–H and O–H groups in total. The van der Waals surface area contributed by atoms with Crippen LogP contribution in [0.5, 0.6) is 0 Å². The van der Waals surface area contributed by atoms with Gasteiger partial charge in [0, 0.05) is 30.2 Å². The van der Waals surface area contributed by atoms with Crippen molar-refractivity contribution in [3.05, 3.63) is 54.1 Å². The van der Waals surface area contributed by atoms with E-state index in [1.807, 2.05) is 6.07 Å². The highest BCUT2D eigenvalue weighted by Crippen LogP contribution is 2.29. The molecule has 1 aliphatic rings. The Bertz CT molecular complexity index is 580. The third kappa shape index (κ3) is 2.75. The van der Waals surface area contributed by atoms with Gasteiger partial charge in [-0.2, -0.15) is 0 Å². The van der Waals surface area contributed by atoms with E-state index in [4.69, 9.17) is 0 Å². The highest BCUT2D eigenvalue weighted by atomic mass is 19.1. The topological polar surface area (TPSA) is 17.3 Å². The van der Waals surface area contributed by atoms with E-state index in [1.165, 1.54) is 31.7 Å². The van der Waals surface area contributed by atoms with E-state index in [0.29, 0.717) is 11.7 Å². The zero-order chi connectivity index (χ0) is 13.1. The Morgan fingerprint density at radius 2 is 1.95 bits per heavy atom. The summed E-state index contributed by atoms with van der Waals surface area (Å²) in [5.41, 5.74) is 1.41. The molecule has 0 saturated heterocycles. The van der Waals surface area contributed by atoms with Gasteiger partial charge in [-0.1, -0.05) is 25.0 Å². The van der Waals surface area contributed by atoms with Crippen molar-refractivity contribution < 1.29 is 4.39 Å². The molecule has 1 aromatic carbocycles. The van der Waals surface area contributed by atoms with Gasteiger partial charge in [0.05, 0.1) is 5.69 Å². The number of nitrogens with zero attached hydrogens (tertiary/aromatic N) is 2. The molecule has 0 aliphatic heterocycles. The summed E-state index contributed by atoms with van der Waals surface area (Å²) >= 11 is 0. The van der Waals surface area contributed by atoms with Gasteiger partial charge in [0.2, 0.25) is 0 Å². The summed E-state index contributed by atoms with van der Waals surface area (Å²) in [6, 6.07) is 9.24. The fraction of sp³-hybridized carbons (Fsp3) is 0.312. The number of benzene rings is 1. The van der Waals surface area contributed by atoms with Gasteiger partial charge >= 0.3 is 0 Å². The smallest absolute Gasteiger partial charge is 0.148 e. The molecule has 1 heterocycles. The second kappa shape index (κ2) is 5.39. The van der Waals surface area contributed by atoms with E-state index in [2.05, 4.69) is 22.0 Å². The third-order valence-electron chi connectivity index (χ3n) is 3.69. The summed E-state index contributed by atoms with van der Waals surface area (Å²) in [7, 11) is 0. The zero-order valence-electron chi connectivity index (χ0n) is 10.8. The Morgan fingerprint density at radius 1 is 1.16 bits per heavy atom. The first kappa shape index (κ1) is 12.2. The van der Waals surface area contributed by atoms with Crippen LogP contribution < -0.4 is 0 Å². The first-order valence-electron chi connectivity index (χ1n) is 6.79. The zero-order valence-corrected chi connectivity index (χ0v) is 10.8. The van der Waals surface area contributed by atoms with Crippen molar-refractivity contribution in [2.24, 2.45) is 4.99 Å². The van der Waals surface area contributed by atoms with Crippen molar-refractivity contribution in [2.75, 3.05) is 0 Å². The van der Waals surface area contributed by atoms with Crippen LogP contribution >= 0.6 is 0 Å². The summed E-state index contributed by atoms with van der Waals surface area (Å²) in [5, 5.41) is 0. The lowest BCUT2D eigenvalue weighted by Crippen LogP contribution is -2.00. The number of para-hydroxylation sites is 1. The van der Waals surface area contributed by atoms with Crippen LogP contribution in [-0.4, -0.2) is 10.8 Å². The fourth-order valence-electron chi connectivity index (χ4n) is 2.64. The summed E-state index contributed by atoms with van der Waals surface area (Å²) in [4.78, 5) is 4.20. The maximum absolute atomic E-state index is 13.4. The lowest BCUT2D eigenvalue weighted by molar-refractivity contribution is 0.521. The van der Waals surface area contributed by atoms with Gasteiger partial charge in [-0.15, -0.1) is 0 Å². The molecule has 0 unspecified atom stereocenters. The van der Waals surface area contributed by atoms with Crippen molar-refractivity contribution in [1.29, 1.82) is 0 Å². The lowest BCUT2D eigenvalue weighted by Gasteiger charge is -2.10. The van der Waals surface area contributed by atoms with Crippen molar-refractivity contribution in [3.63, 3.8) is 0 Å². The Kier molecular flexibility index (Phi) is 3.45. The minimum atomic E-state index is -0.283. The second-order valence-corrected chi connectivity index (χ2v) is 5.04. The van der Waals surface area contributed by atoms with Crippen LogP contribution in [0.1, 0.15) is 37.3 Å². The summed E-state index contributed by atoms with van der Waals surface area (Å²) in [5.74, 6) is -0.283. The van der Waals surface area contributed by atoms with Gasteiger partial charge in [0.25, 0.3) is 0 Å². The Morgan fingerprint density at radius 3 is 2.74 bits per heavy atom. The Labute approximate surface area is 112 Å². The first-order valence-corrected chi connectivity index (χ1v) is 6.79. The van der Waals surface area contributed by atoms with E-state index in [0.717, 1.165) is 5.56 Å². The van der Waals surface area contributed by atoms with Gasteiger partial charge in [-0.3, -0.25) is 4.99 Å². The molecule has 3 heteroatoms. The van der Waals surface area contributed by atoms with Gasteiger partial charge in [-0.05, 0) is 31.0 Å². The number of aromatic nitrogens is 1. The van der Waals surface area contributed by atoms with Crippen LogP contribution in [0.4, 0.5) is 10.1 Å². The van der Waals surface area contributed by atoms with E-state index >= 15 is 0 Å². The standard InChI is InChI=1S/C16H17FN2/c17-15-7-3-4-8-16(15)18-11-13-9-10-19(12-13)14-5-1-2-6-14/h3-4,7-12,14H,1-2,5-6H2. The maximum atomic E-state index is 13.4. The van der Waals surface area contributed by atoms with Gasteiger partial charge in [-0.25, -0.2) is 4.39 Å². The van der Waals surface area contributed by atoms with Crippen molar-refractivity contribution in [2.45, 2.75) is 31.7 Å². The van der Waals surface area contributed by atoms with E-state index in [9.17, 15) is 4.39 Å². The average Bonchev–Trinajstić information content (AvgIpc) is 3.09. The predicted octanol–water partition coefficient (Wildman–Crippen LogP) is 4.49. The van der Waals surface area contributed by atoms with Crippen LogP contribution in [0, 0.1) is 5.82 Å². The number of hydrogen-bond acceptors (Lipinski definition) is 1. The molecule has 1 fully saturated rings.